The first kappa shape index (κ1) is 42.3. The fourth-order valence-electron chi connectivity index (χ4n) is 6.48. The molecule has 47 heavy (non-hydrogen) atoms. The highest BCUT2D eigenvalue weighted by Crippen LogP contribution is 2.26. The van der Waals surface area contributed by atoms with Crippen molar-refractivity contribution in [3.63, 3.8) is 0 Å². The maximum absolute atomic E-state index is 11.6. The van der Waals surface area contributed by atoms with Gasteiger partial charge in [-0.05, 0) is 96.9 Å². The van der Waals surface area contributed by atoms with Crippen LogP contribution in [0, 0.1) is 0 Å². The molecule has 0 amide bonds. The Labute approximate surface area is 286 Å². The quantitative estimate of drug-likeness (QED) is 0.104. The Kier molecular flexibility index (Phi) is 23.7. The lowest BCUT2D eigenvalue weighted by Crippen LogP contribution is -2.11. The van der Waals surface area contributed by atoms with Crippen LogP contribution in [0.1, 0.15) is 165 Å². The van der Waals surface area contributed by atoms with Crippen LogP contribution in [0.5, 0.6) is 0 Å². The number of carboxylic acid groups (broad SMARTS) is 2. The highest BCUT2D eigenvalue weighted by atomic mass is 16.5. The summed E-state index contributed by atoms with van der Waals surface area (Å²) in [5.41, 5.74) is 7.99. The predicted molar refractivity (Wildman–Crippen MR) is 195 cm³/mol. The van der Waals surface area contributed by atoms with Crippen LogP contribution in [-0.2, 0) is 48.0 Å². The van der Waals surface area contributed by atoms with Crippen molar-refractivity contribution in [2.24, 2.45) is 0 Å². The van der Waals surface area contributed by atoms with Gasteiger partial charge < -0.3 is 19.7 Å². The molecule has 0 unspecified atom stereocenters. The largest absolute Gasteiger partial charge is 0.478 e. The Morgan fingerprint density at radius 2 is 0.894 bits per heavy atom. The van der Waals surface area contributed by atoms with E-state index in [1.165, 1.54) is 86.5 Å². The van der Waals surface area contributed by atoms with Crippen molar-refractivity contribution in [3.8, 4) is 0 Å². The van der Waals surface area contributed by atoms with Crippen molar-refractivity contribution in [1.82, 2.24) is 0 Å². The van der Waals surface area contributed by atoms with E-state index in [1.807, 2.05) is 12.1 Å². The molecule has 2 aromatic rings. The summed E-state index contributed by atoms with van der Waals surface area (Å²) >= 11 is 0. The highest BCUT2D eigenvalue weighted by Gasteiger charge is 2.18. The van der Waals surface area contributed by atoms with Gasteiger partial charge >= 0.3 is 11.9 Å². The third-order valence-electron chi connectivity index (χ3n) is 9.09. The molecule has 0 spiro atoms. The van der Waals surface area contributed by atoms with E-state index in [9.17, 15) is 19.8 Å². The van der Waals surface area contributed by atoms with Crippen LogP contribution in [0.15, 0.2) is 24.3 Å². The van der Waals surface area contributed by atoms with Gasteiger partial charge in [0.25, 0.3) is 0 Å². The molecule has 0 saturated heterocycles. The number of carboxylic acids is 2. The molecule has 0 atom stereocenters. The summed E-state index contributed by atoms with van der Waals surface area (Å²) in [7, 11) is 3.33. The summed E-state index contributed by atoms with van der Waals surface area (Å²) in [5, 5.41) is 19.0. The molecule has 0 aromatic heterocycles. The van der Waals surface area contributed by atoms with Gasteiger partial charge in [-0.25, -0.2) is 9.59 Å². The molecule has 0 fully saturated rings. The molecule has 0 heterocycles. The maximum atomic E-state index is 11.6. The van der Waals surface area contributed by atoms with Gasteiger partial charge in [0, 0.05) is 14.2 Å². The minimum absolute atomic E-state index is 0.445. The Hall–Kier alpha value is -2.70. The first-order valence-corrected chi connectivity index (χ1v) is 18.5. The number of unbranched alkanes of at least 4 members (excludes halogenated alkanes) is 10. The minimum Gasteiger partial charge on any atom is -0.478 e. The SMILES string of the molecule is CCCCCCCCc1c(CC)ccc(C(=O)O)c1CCOC.CCCCCCCCc1c(CCC)ccc(C(=O)O)c1CCOC. The average Bonchev–Trinajstić information content (AvgIpc) is 3.06. The van der Waals surface area contributed by atoms with Gasteiger partial charge in [-0.2, -0.15) is 0 Å². The third-order valence-corrected chi connectivity index (χ3v) is 9.09. The first-order valence-electron chi connectivity index (χ1n) is 18.5. The predicted octanol–water partition coefficient (Wildman–Crippen LogP) is 10.5. The fraction of sp³-hybridized carbons (Fsp3) is 0.659. The summed E-state index contributed by atoms with van der Waals surface area (Å²) in [6.45, 7) is 9.91. The second-order valence-corrected chi connectivity index (χ2v) is 12.7. The van der Waals surface area contributed by atoms with Crippen LogP contribution in [0.4, 0.5) is 0 Å². The van der Waals surface area contributed by atoms with Gasteiger partial charge in [-0.3, -0.25) is 0 Å². The van der Waals surface area contributed by atoms with Crippen LogP contribution in [-0.4, -0.2) is 49.6 Å². The zero-order valence-electron chi connectivity index (χ0n) is 30.7. The van der Waals surface area contributed by atoms with Crippen molar-refractivity contribution >= 4 is 11.9 Å². The molecule has 0 aliphatic carbocycles. The Bertz CT molecular complexity index is 1160. The van der Waals surface area contributed by atoms with E-state index >= 15 is 0 Å². The summed E-state index contributed by atoms with van der Waals surface area (Å²) in [6, 6.07) is 7.56. The van der Waals surface area contributed by atoms with Crippen molar-refractivity contribution in [3.05, 3.63) is 68.8 Å². The number of methoxy groups -OCH3 is 2. The van der Waals surface area contributed by atoms with Crippen molar-refractivity contribution in [1.29, 1.82) is 0 Å². The number of hydrogen-bond acceptors (Lipinski definition) is 4. The highest BCUT2D eigenvalue weighted by molar-refractivity contribution is 5.90. The fourth-order valence-corrected chi connectivity index (χ4v) is 6.48. The average molecular weight is 655 g/mol. The van der Waals surface area contributed by atoms with E-state index in [0.29, 0.717) is 37.2 Å². The molecule has 266 valence electrons. The maximum Gasteiger partial charge on any atom is 0.335 e. The molecule has 0 saturated carbocycles. The molecular formula is C41H66O6. The lowest BCUT2D eigenvalue weighted by molar-refractivity contribution is 0.0684. The van der Waals surface area contributed by atoms with Gasteiger partial charge in [-0.1, -0.05) is 110 Å². The molecule has 2 aromatic carbocycles. The lowest BCUT2D eigenvalue weighted by Gasteiger charge is -2.17. The summed E-state index contributed by atoms with van der Waals surface area (Å²) in [4.78, 5) is 23.2. The minimum atomic E-state index is -0.831. The van der Waals surface area contributed by atoms with Gasteiger partial charge in [0.15, 0.2) is 0 Å². The molecular weight excluding hydrogens is 588 g/mol. The molecule has 0 bridgehead atoms. The second-order valence-electron chi connectivity index (χ2n) is 12.7. The van der Waals surface area contributed by atoms with E-state index in [0.717, 1.165) is 56.1 Å². The molecule has 6 nitrogen and oxygen atoms in total. The van der Waals surface area contributed by atoms with Gasteiger partial charge in [0.1, 0.15) is 0 Å². The normalized spacial score (nSPS) is 10.9. The van der Waals surface area contributed by atoms with E-state index < -0.39 is 11.9 Å². The Morgan fingerprint density at radius 3 is 1.28 bits per heavy atom. The van der Waals surface area contributed by atoms with Crippen LogP contribution >= 0.6 is 0 Å². The zero-order valence-corrected chi connectivity index (χ0v) is 30.7. The lowest BCUT2D eigenvalue weighted by atomic mass is 9.88. The zero-order chi connectivity index (χ0) is 34.9. The van der Waals surface area contributed by atoms with Crippen molar-refractivity contribution in [2.75, 3.05) is 27.4 Å². The second kappa shape index (κ2) is 26.3. The Morgan fingerprint density at radius 1 is 0.489 bits per heavy atom. The smallest absolute Gasteiger partial charge is 0.335 e. The topological polar surface area (TPSA) is 93.1 Å². The Balaban J connectivity index is 0.000000470. The molecule has 2 rings (SSSR count). The van der Waals surface area contributed by atoms with E-state index in [1.54, 1.807) is 26.4 Å². The molecule has 0 radical (unpaired) electrons. The molecule has 2 N–H and O–H groups in total. The monoisotopic (exact) mass is 654 g/mol. The van der Waals surface area contributed by atoms with Crippen LogP contribution in [0.3, 0.4) is 0 Å². The van der Waals surface area contributed by atoms with Crippen LogP contribution in [0.25, 0.3) is 0 Å². The number of hydrogen-bond donors (Lipinski definition) is 2. The van der Waals surface area contributed by atoms with Gasteiger partial charge in [-0.15, -0.1) is 0 Å². The number of rotatable bonds is 25. The first-order chi connectivity index (χ1) is 22.8. The summed E-state index contributed by atoms with van der Waals surface area (Å²) in [5.74, 6) is -1.66. The number of benzene rings is 2. The summed E-state index contributed by atoms with van der Waals surface area (Å²) in [6.07, 6.45) is 21.5. The van der Waals surface area contributed by atoms with E-state index in [-0.39, 0.29) is 0 Å². The van der Waals surface area contributed by atoms with Gasteiger partial charge in [0.2, 0.25) is 0 Å². The standard InChI is InChI=1S/C21H34O3.C20H32O3/c1-4-6-7-8-9-10-12-18-17(11-5-2)13-14-20(21(22)23)19(18)15-16-24-3;1-4-6-7-8-9-10-11-17-16(5-2)12-13-19(20(21)22)18(17)14-15-23-3/h13-14H,4-12,15-16H2,1-3H3,(H,22,23);12-13H,4-11,14-15H2,1-3H3,(H,21,22). The number of carbonyl (C=O) groups is 2. The van der Waals surface area contributed by atoms with E-state index in [4.69, 9.17) is 9.47 Å². The molecule has 0 aliphatic rings. The molecule has 0 aliphatic heterocycles. The third kappa shape index (κ3) is 15.8. The number of ether oxygens (including phenoxy) is 2. The number of aryl methyl sites for hydroxylation is 2. The number of aromatic carboxylic acids is 2. The van der Waals surface area contributed by atoms with E-state index in [2.05, 4.69) is 27.7 Å². The molecule has 6 heteroatoms. The van der Waals surface area contributed by atoms with Crippen molar-refractivity contribution < 1.29 is 29.3 Å². The van der Waals surface area contributed by atoms with Crippen LogP contribution in [0.2, 0.25) is 0 Å². The summed E-state index contributed by atoms with van der Waals surface area (Å²) < 4.78 is 10.4. The van der Waals surface area contributed by atoms with Crippen molar-refractivity contribution in [2.45, 2.75) is 150 Å². The van der Waals surface area contributed by atoms with Gasteiger partial charge in [0.05, 0.1) is 24.3 Å². The van der Waals surface area contributed by atoms with Crippen LogP contribution < -0.4 is 0 Å².